The van der Waals surface area contributed by atoms with Crippen molar-refractivity contribution in [3.8, 4) is 11.5 Å². The molecular weight excluding hydrogens is 426 g/mol. The molecule has 2 aromatic carbocycles. The van der Waals surface area contributed by atoms with Gasteiger partial charge in [-0.15, -0.1) is 0 Å². The van der Waals surface area contributed by atoms with Crippen LogP contribution in [0.5, 0.6) is 11.5 Å². The molecule has 0 aliphatic carbocycles. The molecule has 0 aliphatic rings. The molecule has 3 rings (SSSR count). The van der Waals surface area contributed by atoms with E-state index >= 15 is 0 Å². The number of unbranched alkanes of at least 4 members (excludes halogenated alkanes) is 2. The van der Waals surface area contributed by atoms with Crippen molar-refractivity contribution in [1.82, 2.24) is 10.5 Å². The van der Waals surface area contributed by atoms with Crippen molar-refractivity contribution < 1.29 is 24.3 Å². The van der Waals surface area contributed by atoms with Gasteiger partial charge in [-0.05, 0) is 31.0 Å². The summed E-state index contributed by atoms with van der Waals surface area (Å²) in [7, 11) is 2.99. The number of nitrogens with zero attached hydrogens (tertiary/aromatic N) is 1. The number of H-pyrrole nitrogens is 1. The van der Waals surface area contributed by atoms with Crippen molar-refractivity contribution in [2.24, 2.45) is 0 Å². The van der Waals surface area contributed by atoms with Gasteiger partial charge in [0, 0.05) is 30.9 Å². The van der Waals surface area contributed by atoms with Crippen LogP contribution in [0.15, 0.2) is 53.5 Å². The predicted molar refractivity (Wildman–Crippen MR) is 124 cm³/mol. The van der Waals surface area contributed by atoms with Gasteiger partial charge >= 0.3 is 0 Å². The summed E-state index contributed by atoms with van der Waals surface area (Å²) >= 11 is 0. The highest BCUT2D eigenvalue weighted by atomic mass is 16.5. The number of pyridine rings is 1. The number of hydroxylamine groups is 1. The molecule has 0 bridgehead atoms. The van der Waals surface area contributed by atoms with Crippen molar-refractivity contribution in [3.63, 3.8) is 0 Å². The van der Waals surface area contributed by atoms with E-state index in [9.17, 15) is 14.4 Å². The number of hydrogen-bond acceptors (Lipinski definition) is 6. The fraction of sp³-hybridized carbons (Fsp3) is 0.292. The van der Waals surface area contributed by atoms with Crippen LogP contribution in [0.2, 0.25) is 0 Å². The van der Waals surface area contributed by atoms with Crippen LogP contribution in [0.3, 0.4) is 0 Å². The molecule has 174 valence electrons. The lowest BCUT2D eigenvalue weighted by Gasteiger charge is -2.23. The Morgan fingerprint density at radius 1 is 1.03 bits per heavy atom. The molecule has 2 amide bonds. The molecule has 0 spiro atoms. The number of anilines is 1. The molecule has 0 saturated carbocycles. The van der Waals surface area contributed by atoms with Gasteiger partial charge in [0.05, 0.1) is 25.1 Å². The Labute approximate surface area is 190 Å². The molecule has 3 N–H and O–H groups in total. The third kappa shape index (κ3) is 5.50. The zero-order valence-corrected chi connectivity index (χ0v) is 18.6. The van der Waals surface area contributed by atoms with E-state index < -0.39 is 17.2 Å². The molecule has 1 aromatic heterocycles. The number of rotatable bonds is 10. The van der Waals surface area contributed by atoms with Gasteiger partial charge in [-0.2, -0.15) is 0 Å². The number of nitrogens with one attached hydrogen (secondary N) is 2. The Bertz CT molecular complexity index is 1180. The minimum Gasteiger partial charge on any atom is -0.493 e. The van der Waals surface area contributed by atoms with Gasteiger partial charge in [0.2, 0.25) is 11.3 Å². The quantitative estimate of drug-likeness (QED) is 0.246. The van der Waals surface area contributed by atoms with Gasteiger partial charge in [0.25, 0.3) is 5.91 Å². The van der Waals surface area contributed by atoms with Crippen molar-refractivity contribution in [2.75, 3.05) is 25.7 Å². The number of hydrogen-bond donors (Lipinski definition) is 3. The molecular formula is C24H27N3O6. The first-order chi connectivity index (χ1) is 16.0. The Balaban J connectivity index is 1.89. The summed E-state index contributed by atoms with van der Waals surface area (Å²) in [5.41, 5.74) is 2.41. The second-order valence-electron chi connectivity index (χ2n) is 7.42. The van der Waals surface area contributed by atoms with Crippen LogP contribution in [0.25, 0.3) is 10.9 Å². The number of amides is 2. The zero-order valence-electron chi connectivity index (χ0n) is 18.6. The number of para-hydroxylation sites is 1. The summed E-state index contributed by atoms with van der Waals surface area (Å²) in [5.74, 6) is 0.000401. The van der Waals surface area contributed by atoms with Crippen LogP contribution in [-0.2, 0) is 4.79 Å². The number of benzene rings is 2. The lowest BCUT2D eigenvalue weighted by molar-refractivity contribution is -0.129. The summed E-state index contributed by atoms with van der Waals surface area (Å²) in [5, 5.41) is 8.91. The lowest BCUT2D eigenvalue weighted by atomic mass is 10.1. The molecule has 9 nitrogen and oxygen atoms in total. The SMILES string of the molecule is COc1cc2[nH]cc(C(=O)N(CCCCCC(=O)NO)c3ccccc3)c(=O)c2cc1OC. The van der Waals surface area contributed by atoms with Gasteiger partial charge in [-0.25, -0.2) is 5.48 Å². The second kappa shape index (κ2) is 11.1. The Morgan fingerprint density at radius 3 is 2.39 bits per heavy atom. The van der Waals surface area contributed by atoms with Gasteiger partial charge in [-0.3, -0.25) is 19.6 Å². The molecule has 0 radical (unpaired) electrons. The maximum absolute atomic E-state index is 13.5. The highest BCUT2D eigenvalue weighted by molar-refractivity contribution is 6.07. The van der Waals surface area contributed by atoms with Crippen LogP contribution in [-0.4, -0.2) is 42.8 Å². The van der Waals surface area contributed by atoms with E-state index in [0.29, 0.717) is 53.9 Å². The molecule has 1 heterocycles. The minimum atomic E-state index is -0.444. The fourth-order valence-electron chi connectivity index (χ4n) is 3.60. The molecule has 0 fully saturated rings. The van der Waals surface area contributed by atoms with E-state index in [1.165, 1.54) is 20.4 Å². The number of ether oxygens (including phenoxy) is 2. The molecule has 3 aromatic rings. The Morgan fingerprint density at radius 2 is 1.73 bits per heavy atom. The van der Waals surface area contributed by atoms with Crippen LogP contribution in [0.1, 0.15) is 36.0 Å². The van der Waals surface area contributed by atoms with Crippen molar-refractivity contribution in [2.45, 2.75) is 25.7 Å². The van der Waals surface area contributed by atoms with E-state index in [0.717, 1.165) is 0 Å². The van der Waals surface area contributed by atoms with E-state index in [1.807, 2.05) is 18.2 Å². The summed E-state index contributed by atoms with van der Waals surface area (Å²) in [6.45, 7) is 0.368. The first kappa shape index (κ1) is 23.8. The number of aromatic nitrogens is 1. The topological polar surface area (TPSA) is 121 Å². The lowest BCUT2D eigenvalue weighted by Crippen LogP contribution is -2.35. The number of methoxy groups -OCH3 is 2. The maximum Gasteiger partial charge on any atom is 0.263 e. The van der Waals surface area contributed by atoms with Crippen molar-refractivity contribution in [3.05, 3.63) is 64.4 Å². The summed E-state index contributed by atoms with van der Waals surface area (Å²) in [6, 6.07) is 12.3. The normalized spacial score (nSPS) is 10.6. The molecule has 0 atom stereocenters. The van der Waals surface area contributed by atoms with Crippen molar-refractivity contribution in [1.29, 1.82) is 0 Å². The van der Waals surface area contributed by atoms with Crippen LogP contribution < -0.4 is 25.3 Å². The van der Waals surface area contributed by atoms with E-state index in [2.05, 4.69) is 4.98 Å². The number of fused-ring (bicyclic) bond motifs is 1. The largest absolute Gasteiger partial charge is 0.493 e. The molecule has 33 heavy (non-hydrogen) atoms. The van der Waals surface area contributed by atoms with E-state index in [-0.39, 0.29) is 12.0 Å². The Kier molecular flexibility index (Phi) is 8.04. The summed E-state index contributed by atoms with van der Waals surface area (Å²) in [4.78, 5) is 42.4. The van der Waals surface area contributed by atoms with Gasteiger partial charge in [0.15, 0.2) is 11.5 Å². The number of carbonyl (C=O) groups is 2. The number of carbonyl (C=O) groups excluding carboxylic acids is 2. The molecule has 9 heteroatoms. The van der Waals surface area contributed by atoms with Crippen LogP contribution in [0.4, 0.5) is 5.69 Å². The minimum absolute atomic E-state index is 0.0123. The first-order valence-electron chi connectivity index (χ1n) is 10.6. The summed E-state index contributed by atoms with van der Waals surface area (Å²) < 4.78 is 10.6. The predicted octanol–water partition coefficient (Wildman–Crippen LogP) is 3.26. The molecule has 0 unspecified atom stereocenters. The van der Waals surface area contributed by atoms with Crippen molar-refractivity contribution >= 4 is 28.4 Å². The van der Waals surface area contributed by atoms with E-state index in [4.69, 9.17) is 14.7 Å². The average Bonchev–Trinajstić information content (AvgIpc) is 2.85. The molecule has 0 saturated heterocycles. The fourth-order valence-corrected chi connectivity index (χ4v) is 3.60. The number of aromatic amines is 1. The van der Waals surface area contributed by atoms with Gasteiger partial charge in [-0.1, -0.05) is 24.6 Å². The van der Waals surface area contributed by atoms with Gasteiger partial charge < -0.3 is 19.4 Å². The highest BCUT2D eigenvalue weighted by Crippen LogP contribution is 2.30. The third-order valence-electron chi connectivity index (χ3n) is 5.34. The van der Waals surface area contributed by atoms with Crippen LogP contribution >= 0.6 is 0 Å². The maximum atomic E-state index is 13.5. The smallest absolute Gasteiger partial charge is 0.263 e. The first-order valence-corrected chi connectivity index (χ1v) is 10.6. The monoisotopic (exact) mass is 453 g/mol. The second-order valence-corrected chi connectivity index (χ2v) is 7.42. The standard InChI is InChI=1S/C24H27N3O6/c1-32-20-13-17-19(14-21(20)33-2)25-15-18(23(17)29)24(30)27(16-9-5-3-6-10-16)12-8-4-7-11-22(28)26-31/h3,5-6,9-10,13-15,31H,4,7-8,11-12H2,1-2H3,(H,25,29)(H,26,28). The average molecular weight is 453 g/mol. The van der Waals surface area contributed by atoms with Crippen LogP contribution in [0, 0.1) is 0 Å². The molecule has 0 aliphatic heterocycles. The van der Waals surface area contributed by atoms with E-state index in [1.54, 1.807) is 34.6 Å². The van der Waals surface area contributed by atoms with Gasteiger partial charge in [0.1, 0.15) is 5.56 Å². The zero-order chi connectivity index (χ0) is 23.8. The third-order valence-corrected chi connectivity index (χ3v) is 5.34. The Hall–Kier alpha value is -3.85. The summed E-state index contributed by atoms with van der Waals surface area (Å²) in [6.07, 6.45) is 3.48. The highest BCUT2D eigenvalue weighted by Gasteiger charge is 2.22.